The monoisotopic (exact) mass is 254 g/mol. The van der Waals surface area contributed by atoms with Gasteiger partial charge in [0.1, 0.15) is 6.23 Å². The zero-order valence-electron chi connectivity index (χ0n) is 10.8. The van der Waals surface area contributed by atoms with Crippen molar-refractivity contribution in [1.29, 1.82) is 0 Å². The molecule has 1 fully saturated rings. The van der Waals surface area contributed by atoms with Crippen molar-refractivity contribution >= 4 is 0 Å². The van der Waals surface area contributed by atoms with Gasteiger partial charge in [-0.1, -0.05) is 6.92 Å². The molecule has 1 aromatic rings. The highest BCUT2D eigenvalue weighted by Gasteiger charge is 2.33. The van der Waals surface area contributed by atoms with E-state index in [-0.39, 0.29) is 29.9 Å². The maximum atomic E-state index is 12.0. The second-order valence-electron chi connectivity index (χ2n) is 4.89. The summed E-state index contributed by atoms with van der Waals surface area (Å²) in [6.45, 7) is 3.58. The van der Waals surface area contributed by atoms with Crippen LogP contribution in [0.25, 0.3) is 0 Å². The summed E-state index contributed by atoms with van der Waals surface area (Å²) in [5.74, 6) is 0.185. The highest BCUT2D eigenvalue weighted by molar-refractivity contribution is 5.03. The van der Waals surface area contributed by atoms with E-state index < -0.39 is 6.23 Å². The smallest absolute Gasteiger partial charge is 0.332 e. The largest absolute Gasteiger partial charge is 0.394 e. The summed E-state index contributed by atoms with van der Waals surface area (Å²) < 4.78 is 8.15. The summed E-state index contributed by atoms with van der Waals surface area (Å²) in [5.41, 5.74) is -0.178. The molecule has 0 aromatic carbocycles. The molecule has 1 aliphatic heterocycles. The molecule has 3 atom stereocenters. The minimum absolute atomic E-state index is 0.0584. The van der Waals surface area contributed by atoms with Gasteiger partial charge in [-0.3, -0.25) is 13.9 Å². The first kappa shape index (κ1) is 13.0. The van der Waals surface area contributed by atoms with E-state index in [2.05, 4.69) is 0 Å². The lowest BCUT2D eigenvalue weighted by Crippen LogP contribution is -2.40. The summed E-state index contributed by atoms with van der Waals surface area (Å²) in [4.78, 5) is 23.6. The van der Waals surface area contributed by atoms with E-state index >= 15 is 0 Å². The Morgan fingerprint density at radius 2 is 2.17 bits per heavy atom. The molecule has 0 bridgehead atoms. The van der Waals surface area contributed by atoms with Gasteiger partial charge in [0, 0.05) is 18.8 Å². The van der Waals surface area contributed by atoms with Crippen LogP contribution in [0.4, 0.5) is 0 Å². The van der Waals surface area contributed by atoms with E-state index in [0.29, 0.717) is 12.0 Å². The van der Waals surface area contributed by atoms with Gasteiger partial charge in [0.05, 0.1) is 12.7 Å². The number of aliphatic hydroxyl groups is 1. The van der Waals surface area contributed by atoms with Gasteiger partial charge < -0.3 is 9.84 Å². The molecular formula is C12H18N2O4. The van der Waals surface area contributed by atoms with Gasteiger partial charge in [-0.05, 0) is 19.3 Å². The molecule has 1 N–H and O–H groups in total. The standard InChI is InChI=1S/C12H18N2O4/c1-7-4-10(18-9(7)6-15)14-5-8(2)11(16)13(3)12(14)17/h5,7,9-10,15H,4,6H2,1-3H3/t7-,9+,10+/m0/s1. The highest BCUT2D eigenvalue weighted by atomic mass is 16.5. The van der Waals surface area contributed by atoms with E-state index in [4.69, 9.17) is 9.84 Å². The number of aromatic nitrogens is 2. The van der Waals surface area contributed by atoms with E-state index in [1.165, 1.54) is 17.8 Å². The van der Waals surface area contributed by atoms with Crippen molar-refractivity contribution in [3.05, 3.63) is 32.6 Å². The fraction of sp³-hybridized carbons (Fsp3) is 0.667. The van der Waals surface area contributed by atoms with Crippen LogP contribution >= 0.6 is 0 Å². The number of aliphatic hydroxyl groups excluding tert-OH is 1. The normalized spacial score (nSPS) is 27.7. The topological polar surface area (TPSA) is 73.5 Å². The maximum absolute atomic E-state index is 12.0. The molecule has 6 nitrogen and oxygen atoms in total. The average Bonchev–Trinajstić information content (AvgIpc) is 2.72. The van der Waals surface area contributed by atoms with Crippen molar-refractivity contribution in [3.8, 4) is 0 Å². The summed E-state index contributed by atoms with van der Waals surface area (Å²) in [6, 6.07) is 0. The van der Waals surface area contributed by atoms with Gasteiger partial charge in [-0.15, -0.1) is 0 Å². The lowest BCUT2D eigenvalue weighted by Gasteiger charge is -2.16. The van der Waals surface area contributed by atoms with Crippen LogP contribution < -0.4 is 11.2 Å². The minimum Gasteiger partial charge on any atom is -0.394 e. The van der Waals surface area contributed by atoms with Crippen LogP contribution in [0, 0.1) is 12.8 Å². The Morgan fingerprint density at radius 1 is 1.50 bits per heavy atom. The van der Waals surface area contributed by atoms with Gasteiger partial charge >= 0.3 is 5.69 Å². The second kappa shape index (κ2) is 4.70. The minimum atomic E-state index is -0.407. The van der Waals surface area contributed by atoms with E-state index in [0.717, 1.165) is 4.57 Å². The third-order valence-electron chi connectivity index (χ3n) is 3.51. The third-order valence-corrected chi connectivity index (χ3v) is 3.51. The summed E-state index contributed by atoms with van der Waals surface area (Å²) in [7, 11) is 1.45. The van der Waals surface area contributed by atoms with Gasteiger partial charge in [0.15, 0.2) is 0 Å². The first-order valence-corrected chi connectivity index (χ1v) is 6.00. The number of rotatable bonds is 2. The van der Waals surface area contributed by atoms with Crippen LogP contribution in [0.2, 0.25) is 0 Å². The Morgan fingerprint density at radius 3 is 2.72 bits per heavy atom. The van der Waals surface area contributed by atoms with Crippen LogP contribution in [0.1, 0.15) is 25.1 Å². The first-order valence-electron chi connectivity index (χ1n) is 6.00. The van der Waals surface area contributed by atoms with Crippen LogP contribution in [0.15, 0.2) is 15.8 Å². The van der Waals surface area contributed by atoms with Gasteiger partial charge in [-0.2, -0.15) is 0 Å². The quantitative estimate of drug-likeness (QED) is 0.791. The van der Waals surface area contributed by atoms with E-state index in [1.807, 2.05) is 6.92 Å². The molecular weight excluding hydrogens is 236 g/mol. The molecule has 1 saturated heterocycles. The van der Waals surface area contributed by atoms with Gasteiger partial charge in [0.2, 0.25) is 0 Å². The van der Waals surface area contributed by atoms with Crippen molar-refractivity contribution in [2.45, 2.75) is 32.6 Å². The molecule has 0 aliphatic carbocycles. The number of nitrogens with zero attached hydrogens (tertiary/aromatic N) is 2. The predicted molar refractivity (Wildman–Crippen MR) is 65.5 cm³/mol. The fourth-order valence-corrected chi connectivity index (χ4v) is 2.31. The molecule has 6 heteroatoms. The SMILES string of the molecule is Cc1cn([C@H]2C[C@H](C)[C@@H](CO)O2)c(=O)n(C)c1=O. The first-order chi connectivity index (χ1) is 8.45. The number of hydrogen-bond acceptors (Lipinski definition) is 4. The Balaban J connectivity index is 2.42. The molecule has 2 heterocycles. The lowest BCUT2D eigenvalue weighted by atomic mass is 10.0. The molecule has 100 valence electrons. The summed E-state index contributed by atoms with van der Waals surface area (Å²) in [5, 5.41) is 9.16. The highest BCUT2D eigenvalue weighted by Crippen LogP contribution is 2.31. The number of hydrogen-bond donors (Lipinski definition) is 1. The Hall–Kier alpha value is -1.40. The molecule has 2 rings (SSSR count). The second-order valence-corrected chi connectivity index (χ2v) is 4.89. The Labute approximate surface area is 104 Å². The van der Waals surface area contributed by atoms with Gasteiger partial charge in [0.25, 0.3) is 5.56 Å². The van der Waals surface area contributed by atoms with Gasteiger partial charge in [-0.25, -0.2) is 4.79 Å². The van der Waals surface area contributed by atoms with E-state index in [1.54, 1.807) is 6.92 Å². The lowest BCUT2D eigenvalue weighted by molar-refractivity contribution is -0.0318. The number of aryl methyl sites for hydroxylation is 1. The summed E-state index contributed by atoms with van der Waals surface area (Å²) in [6.07, 6.45) is 1.53. The fourth-order valence-electron chi connectivity index (χ4n) is 2.31. The summed E-state index contributed by atoms with van der Waals surface area (Å²) >= 11 is 0. The molecule has 0 amide bonds. The molecule has 0 spiro atoms. The molecule has 0 saturated carbocycles. The van der Waals surface area contributed by atoms with Crippen molar-refractivity contribution in [1.82, 2.24) is 9.13 Å². The van der Waals surface area contributed by atoms with Crippen LogP contribution in [0.3, 0.4) is 0 Å². The van der Waals surface area contributed by atoms with Crippen LogP contribution in [0.5, 0.6) is 0 Å². The van der Waals surface area contributed by atoms with Crippen molar-refractivity contribution in [3.63, 3.8) is 0 Å². The van der Waals surface area contributed by atoms with Crippen molar-refractivity contribution in [2.75, 3.05) is 6.61 Å². The van der Waals surface area contributed by atoms with E-state index in [9.17, 15) is 9.59 Å². The maximum Gasteiger partial charge on any atom is 0.332 e. The molecule has 1 aromatic heterocycles. The predicted octanol–water partition coefficient (Wildman–Crippen LogP) is -0.229. The van der Waals surface area contributed by atoms with Crippen molar-refractivity contribution < 1.29 is 9.84 Å². The molecule has 0 radical (unpaired) electrons. The Bertz CT molecular complexity index is 560. The van der Waals surface area contributed by atoms with Crippen LogP contribution in [-0.2, 0) is 11.8 Å². The average molecular weight is 254 g/mol. The molecule has 0 unspecified atom stereocenters. The Kier molecular flexibility index (Phi) is 3.41. The third kappa shape index (κ3) is 2.02. The zero-order valence-corrected chi connectivity index (χ0v) is 10.8. The van der Waals surface area contributed by atoms with Crippen molar-refractivity contribution in [2.24, 2.45) is 13.0 Å². The number of ether oxygens (including phenoxy) is 1. The van der Waals surface area contributed by atoms with Crippen LogP contribution in [-0.4, -0.2) is 27.0 Å². The molecule has 1 aliphatic rings. The molecule has 18 heavy (non-hydrogen) atoms. The zero-order chi connectivity index (χ0) is 13.4.